The predicted molar refractivity (Wildman–Crippen MR) is 110 cm³/mol. The molecule has 0 spiro atoms. The van der Waals surface area contributed by atoms with Crippen molar-refractivity contribution in [3.05, 3.63) is 47.5 Å². The highest BCUT2D eigenvalue weighted by Gasteiger charge is 2.14. The molecule has 2 aromatic carbocycles. The maximum Gasteiger partial charge on any atom is 0.337 e. The monoisotopic (exact) mass is 415 g/mol. The van der Waals surface area contributed by atoms with E-state index in [1.165, 1.54) is 18.4 Å². The molecule has 9 heteroatoms. The van der Waals surface area contributed by atoms with Gasteiger partial charge in [-0.25, -0.2) is 14.8 Å². The standard InChI is InChI=1S/C18H13N3O3S3/c1-24-16(23)10-5-3-9(4-6-10)15(22)21-17-19-11-7-8-12-14(13(11)26-17)27-18(20-12)25-2/h3-8H,1-2H3,(H,19,21,22). The number of rotatable bonds is 4. The highest BCUT2D eigenvalue weighted by atomic mass is 32.2. The summed E-state index contributed by atoms with van der Waals surface area (Å²) in [6.45, 7) is 0. The molecule has 4 aromatic rings. The fraction of sp³-hybridized carbons (Fsp3) is 0.111. The second-order valence-electron chi connectivity index (χ2n) is 5.49. The Morgan fingerprint density at radius 3 is 2.26 bits per heavy atom. The summed E-state index contributed by atoms with van der Waals surface area (Å²) in [5.41, 5.74) is 2.61. The number of esters is 1. The Hall–Kier alpha value is -2.49. The number of thioether (sulfide) groups is 1. The zero-order chi connectivity index (χ0) is 19.0. The molecule has 2 aromatic heterocycles. The van der Waals surface area contributed by atoms with Gasteiger partial charge in [0.15, 0.2) is 9.47 Å². The van der Waals surface area contributed by atoms with Gasteiger partial charge in [-0.05, 0) is 42.7 Å². The molecule has 0 radical (unpaired) electrons. The summed E-state index contributed by atoms with van der Waals surface area (Å²) in [7, 11) is 1.32. The molecule has 1 N–H and O–H groups in total. The van der Waals surface area contributed by atoms with Crippen molar-refractivity contribution in [2.75, 3.05) is 18.7 Å². The molecule has 2 heterocycles. The van der Waals surface area contributed by atoms with Crippen molar-refractivity contribution in [3.8, 4) is 0 Å². The molecule has 6 nitrogen and oxygen atoms in total. The van der Waals surface area contributed by atoms with Gasteiger partial charge in [-0.3, -0.25) is 10.1 Å². The number of amides is 1. The minimum Gasteiger partial charge on any atom is -0.465 e. The number of methoxy groups -OCH3 is 1. The molecule has 0 bridgehead atoms. The largest absolute Gasteiger partial charge is 0.465 e. The third-order valence-corrected chi connectivity index (χ3v) is 7.06. The van der Waals surface area contributed by atoms with Crippen molar-refractivity contribution in [1.29, 1.82) is 0 Å². The van der Waals surface area contributed by atoms with Crippen molar-refractivity contribution in [3.63, 3.8) is 0 Å². The Labute approximate surface area is 166 Å². The van der Waals surface area contributed by atoms with Crippen LogP contribution in [-0.2, 0) is 4.74 Å². The van der Waals surface area contributed by atoms with Gasteiger partial charge in [-0.1, -0.05) is 23.1 Å². The Balaban J connectivity index is 1.61. The summed E-state index contributed by atoms with van der Waals surface area (Å²) in [5, 5.41) is 3.35. The Bertz CT molecular complexity index is 1170. The van der Waals surface area contributed by atoms with E-state index in [1.54, 1.807) is 47.4 Å². The molecule has 136 valence electrons. The molecule has 0 atom stereocenters. The van der Waals surface area contributed by atoms with Crippen LogP contribution in [0.2, 0.25) is 0 Å². The van der Waals surface area contributed by atoms with E-state index in [-0.39, 0.29) is 5.91 Å². The average molecular weight is 416 g/mol. The van der Waals surface area contributed by atoms with Crippen LogP contribution >= 0.6 is 34.4 Å². The second kappa shape index (κ2) is 7.26. The summed E-state index contributed by atoms with van der Waals surface area (Å²) in [6, 6.07) is 10.2. The lowest BCUT2D eigenvalue weighted by Crippen LogP contribution is -2.12. The SMILES string of the molecule is COC(=O)c1ccc(C(=O)Nc2nc3ccc4nc(SC)sc4c3s2)cc1. The van der Waals surface area contributed by atoms with E-state index in [0.29, 0.717) is 16.3 Å². The number of thiazole rings is 2. The Kier molecular flexibility index (Phi) is 4.81. The number of fused-ring (bicyclic) bond motifs is 3. The van der Waals surface area contributed by atoms with Gasteiger partial charge in [0.1, 0.15) is 0 Å². The van der Waals surface area contributed by atoms with E-state index in [9.17, 15) is 9.59 Å². The van der Waals surface area contributed by atoms with Crippen molar-refractivity contribution < 1.29 is 14.3 Å². The molecule has 1 amide bonds. The van der Waals surface area contributed by atoms with Crippen LogP contribution < -0.4 is 5.32 Å². The zero-order valence-electron chi connectivity index (χ0n) is 14.3. The fourth-order valence-corrected chi connectivity index (χ4v) is 5.19. The van der Waals surface area contributed by atoms with Crippen LogP contribution in [0.25, 0.3) is 20.4 Å². The van der Waals surface area contributed by atoms with Crippen LogP contribution in [0, 0.1) is 0 Å². The van der Waals surface area contributed by atoms with Crippen LogP contribution in [0.5, 0.6) is 0 Å². The highest BCUT2D eigenvalue weighted by molar-refractivity contribution is 8.00. The van der Waals surface area contributed by atoms with E-state index in [1.807, 2.05) is 18.4 Å². The van der Waals surface area contributed by atoms with Gasteiger partial charge in [-0.2, -0.15) is 0 Å². The molecule has 0 fully saturated rings. The lowest BCUT2D eigenvalue weighted by Gasteiger charge is -2.03. The van der Waals surface area contributed by atoms with Crippen molar-refractivity contribution in [1.82, 2.24) is 9.97 Å². The van der Waals surface area contributed by atoms with E-state index >= 15 is 0 Å². The summed E-state index contributed by atoms with van der Waals surface area (Å²) in [5.74, 6) is -0.720. The molecular weight excluding hydrogens is 402 g/mol. The number of nitrogens with one attached hydrogen (secondary N) is 1. The van der Waals surface area contributed by atoms with E-state index < -0.39 is 5.97 Å². The van der Waals surface area contributed by atoms with Crippen LogP contribution in [0.3, 0.4) is 0 Å². The van der Waals surface area contributed by atoms with Crippen molar-refractivity contribution in [2.45, 2.75) is 4.34 Å². The van der Waals surface area contributed by atoms with Crippen LogP contribution in [0.1, 0.15) is 20.7 Å². The first-order valence-electron chi connectivity index (χ1n) is 7.83. The van der Waals surface area contributed by atoms with Crippen molar-refractivity contribution in [2.24, 2.45) is 0 Å². The molecule has 0 unspecified atom stereocenters. The number of hydrogen-bond acceptors (Lipinski definition) is 8. The average Bonchev–Trinajstić information content (AvgIpc) is 3.30. The molecular formula is C18H13N3O3S3. The van der Waals surface area contributed by atoms with Gasteiger partial charge < -0.3 is 4.74 Å². The van der Waals surface area contributed by atoms with E-state index in [4.69, 9.17) is 0 Å². The molecule has 27 heavy (non-hydrogen) atoms. The van der Waals surface area contributed by atoms with Gasteiger partial charge in [-0.15, -0.1) is 11.3 Å². The number of carbonyl (C=O) groups excluding carboxylic acids is 2. The van der Waals surface area contributed by atoms with Crippen LogP contribution in [-0.4, -0.2) is 35.2 Å². The van der Waals surface area contributed by atoms with Gasteiger partial charge in [0, 0.05) is 5.56 Å². The lowest BCUT2D eigenvalue weighted by atomic mass is 10.1. The summed E-state index contributed by atoms with van der Waals surface area (Å²) in [6.07, 6.45) is 2.00. The minimum atomic E-state index is -0.439. The topological polar surface area (TPSA) is 81.2 Å². The number of ether oxygens (including phenoxy) is 1. The number of hydrogen-bond donors (Lipinski definition) is 1. The summed E-state index contributed by atoms with van der Waals surface area (Å²) < 4.78 is 7.76. The van der Waals surface area contributed by atoms with E-state index in [0.717, 1.165) is 24.8 Å². The maximum absolute atomic E-state index is 12.5. The van der Waals surface area contributed by atoms with E-state index in [2.05, 4.69) is 20.0 Å². The van der Waals surface area contributed by atoms with Crippen LogP contribution in [0.15, 0.2) is 40.7 Å². The molecule has 0 aliphatic heterocycles. The molecule has 0 saturated carbocycles. The Morgan fingerprint density at radius 1 is 0.963 bits per heavy atom. The van der Waals surface area contributed by atoms with Gasteiger partial charge in [0.05, 0.1) is 33.1 Å². The summed E-state index contributed by atoms with van der Waals surface area (Å²) >= 11 is 4.67. The number of benzene rings is 2. The first kappa shape index (κ1) is 17.9. The van der Waals surface area contributed by atoms with Crippen LogP contribution in [0.4, 0.5) is 5.13 Å². The zero-order valence-corrected chi connectivity index (χ0v) is 16.8. The van der Waals surface area contributed by atoms with Gasteiger partial charge in [0.2, 0.25) is 0 Å². The van der Waals surface area contributed by atoms with Gasteiger partial charge in [0.25, 0.3) is 5.91 Å². The molecule has 0 saturated heterocycles. The first-order valence-corrected chi connectivity index (χ1v) is 10.7. The van der Waals surface area contributed by atoms with Gasteiger partial charge >= 0.3 is 5.97 Å². The molecule has 0 aliphatic carbocycles. The maximum atomic E-state index is 12.5. The molecule has 4 rings (SSSR count). The quantitative estimate of drug-likeness (QED) is 0.385. The number of anilines is 1. The number of nitrogens with zero attached hydrogens (tertiary/aromatic N) is 2. The normalized spacial score (nSPS) is 11.0. The first-order chi connectivity index (χ1) is 13.1. The fourth-order valence-electron chi connectivity index (χ4n) is 2.54. The highest BCUT2D eigenvalue weighted by Crippen LogP contribution is 2.38. The summed E-state index contributed by atoms with van der Waals surface area (Å²) in [4.78, 5) is 33.0. The van der Waals surface area contributed by atoms with Crippen molar-refractivity contribution >= 4 is 71.9 Å². The third-order valence-electron chi connectivity index (χ3n) is 3.86. The molecule has 0 aliphatic rings. The minimum absolute atomic E-state index is 0.282. The number of aromatic nitrogens is 2. The second-order valence-corrected chi connectivity index (χ2v) is 8.54. The smallest absolute Gasteiger partial charge is 0.337 e. The lowest BCUT2D eigenvalue weighted by molar-refractivity contribution is 0.0600. The Morgan fingerprint density at radius 2 is 1.59 bits per heavy atom. The number of carbonyl (C=O) groups is 2. The predicted octanol–water partition coefficient (Wildman–Crippen LogP) is 4.67. The third kappa shape index (κ3) is 3.41.